The summed E-state index contributed by atoms with van der Waals surface area (Å²) < 4.78 is 65.1. The number of carbonyl (C=O) groups excluding carboxylic acids is 1. The molecule has 0 fully saturated rings. The van der Waals surface area contributed by atoms with Crippen LogP contribution in [0.4, 0.5) is 5.69 Å². The predicted octanol–water partition coefficient (Wildman–Crippen LogP) is 1.54. The number of aliphatic hydroxyl groups excluding tert-OH is 1. The van der Waals surface area contributed by atoms with Crippen molar-refractivity contribution in [3.8, 4) is 11.5 Å². The summed E-state index contributed by atoms with van der Waals surface area (Å²) in [5, 5.41) is 9.77. The highest BCUT2D eigenvalue weighted by atomic mass is 32.2. The topological polar surface area (TPSA) is 143 Å². The molecule has 0 aromatic heterocycles. The Bertz CT molecular complexity index is 1350. The van der Waals surface area contributed by atoms with E-state index in [-0.39, 0.29) is 48.5 Å². The lowest BCUT2D eigenvalue weighted by Crippen LogP contribution is -2.48. The standard InChI is InChI=1S/C25H35N3O8S2/c1-17-14-28(18(2)16-29)25(30)13-19-12-20(26-37(5,31)32)6-11-23(19)36-24(17)15-27(3)38(33,34)22-9-7-21(35-4)8-10-22/h6-12,17-18,24,26,29H,13-16H2,1-5H3/t17-,18+,24-/m1/s1. The summed E-state index contributed by atoms with van der Waals surface area (Å²) in [6.45, 7) is 3.53. The van der Waals surface area contributed by atoms with Crippen molar-refractivity contribution < 1.29 is 36.2 Å². The number of hydrogen-bond acceptors (Lipinski definition) is 8. The Balaban J connectivity index is 1.98. The lowest BCUT2D eigenvalue weighted by molar-refractivity contribution is -0.134. The predicted molar refractivity (Wildman–Crippen MR) is 143 cm³/mol. The number of nitrogens with zero attached hydrogens (tertiary/aromatic N) is 2. The Morgan fingerprint density at radius 3 is 2.42 bits per heavy atom. The van der Waals surface area contributed by atoms with Gasteiger partial charge in [-0.1, -0.05) is 6.92 Å². The molecule has 0 saturated heterocycles. The minimum Gasteiger partial charge on any atom is -0.497 e. The van der Waals surface area contributed by atoms with Gasteiger partial charge in [0.05, 0.1) is 43.9 Å². The first kappa shape index (κ1) is 29.7. The van der Waals surface area contributed by atoms with Crippen LogP contribution in [-0.4, -0.2) is 89.3 Å². The van der Waals surface area contributed by atoms with Gasteiger partial charge in [0.2, 0.25) is 26.0 Å². The van der Waals surface area contributed by atoms with Crippen LogP contribution < -0.4 is 14.2 Å². The van der Waals surface area contributed by atoms with E-state index in [0.29, 0.717) is 17.1 Å². The fourth-order valence-corrected chi connectivity index (χ4v) is 5.94. The second kappa shape index (κ2) is 11.9. The monoisotopic (exact) mass is 569 g/mol. The Morgan fingerprint density at radius 1 is 1.18 bits per heavy atom. The molecule has 38 heavy (non-hydrogen) atoms. The van der Waals surface area contributed by atoms with Crippen molar-refractivity contribution in [3.05, 3.63) is 48.0 Å². The SMILES string of the molecule is COc1ccc(S(=O)(=O)N(C)C[C@H]2Oc3ccc(NS(C)(=O)=O)cc3CC(=O)N([C@@H](C)CO)C[C@H]2C)cc1. The fourth-order valence-electron chi connectivity index (χ4n) is 4.20. The number of nitrogens with one attached hydrogen (secondary N) is 1. The van der Waals surface area contributed by atoms with Crippen molar-refractivity contribution >= 4 is 31.6 Å². The fraction of sp³-hybridized carbons (Fsp3) is 0.480. The van der Waals surface area contributed by atoms with Crippen LogP contribution in [0, 0.1) is 5.92 Å². The van der Waals surface area contributed by atoms with Crippen LogP contribution in [0.3, 0.4) is 0 Å². The molecule has 0 aliphatic carbocycles. The first-order valence-electron chi connectivity index (χ1n) is 12.0. The molecule has 3 atom stereocenters. The molecule has 0 spiro atoms. The third kappa shape index (κ3) is 7.16. The summed E-state index contributed by atoms with van der Waals surface area (Å²) in [6.07, 6.45) is 0.274. The van der Waals surface area contributed by atoms with Gasteiger partial charge >= 0.3 is 0 Å². The molecule has 1 aliphatic rings. The molecule has 2 aromatic carbocycles. The van der Waals surface area contributed by atoms with E-state index in [4.69, 9.17) is 9.47 Å². The Hall–Kier alpha value is -2.87. The lowest BCUT2D eigenvalue weighted by Gasteiger charge is -2.33. The van der Waals surface area contributed by atoms with Crippen LogP contribution >= 0.6 is 0 Å². The van der Waals surface area contributed by atoms with Crippen LogP contribution in [-0.2, 0) is 31.3 Å². The summed E-state index contributed by atoms with van der Waals surface area (Å²) in [5.74, 6) is 0.299. The molecule has 210 valence electrons. The van der Waals surface area contributed by atoms with Crippen LogP contribution in [0.1, 0.15) is 19.4 Å². The molecule has 2 aromatic rings. The third-order valence-corrected chi connectivity index (χ3v) is 8.87. The van der Waals surface area contributed by atoms with Crippen molar-refractivity contribution in [2.24, 2.45) is 5.92 Å². The van der Waals surface area contributed by atoms with E-state index < -0.39 is 32.2 Å². The van der Waals surface area contributed by atoms with E-state index >= 15 is 0 Å². The van der Waals surface area contributed by atoms with Crippen LogP contribution in [0.2, 0.25) is 0 Å². The molecule has 1 amide bonds. The van der Waals surface area contributed by atoms with E-state index in [2.05, 4.69) is 4.72 Å². The van der Waals surface area contributed by atoms with Crippen molar-refractivity contribution in [2.75, 3.05) is 44.8 Å². The number of sulfonamides is 2. The maximum Gasteiger partial charge on any atom is 0.242 e. The van der Waals surface area contributed by atoms with Gasteiger partial charge in [-0.2, -0.15) is 4.31 Å². The van der Waals surface area contributed by atoms with Gasteiger partial charge in [-0.15, -0.1) is 0 Å². The van der Waals surface area contributed by atoms with Crippen LogP contribution in [0.15, 0.2) is 47.4 Å². The summed E-state index contributed by atoms with van der Waals surface area (Å²) in [6, 6.07) is 10.2. The highest BCUT2D eigenvalue weighted by molar-refractivity contribution is 7.92. The van der Waals surface area contributed by atoms with Crippen LogP contribution in [0.5, 0.6) is 11.5 Å². The number of rotatable bonds is 9. The van der Waals surface area contributed by atoms with Crippen LogP contribution in [0.25, 0.3) is 0 Å². The van der Waals surface area contributed by atoms with E-state index in [1.807, 2.05) is 6.92 Å². The second-order valence-electron chi connectivity index (χ2n) is 9.55. The number of hydrogen-bond donors (Lipinski definition) is 2. The Kier molecular flexibility index (Phi) is 9.29. The molecule has 0 saturated carbocycles. The zero-order valence-electron chi connectivity index (χ0n) is 22.1. The minimum atomic E-state index is -3.87. The van der Waals surface area contributed by atoms with Crippen molar-refractivity contribution in [1.82, 2.24) is 9.21 Å². The van der Waals surface area contributed by atoms with Gasteiger partial charge in [-0.3, -0.25) is 9.52 Å². The number of benzene rings is 2. The Morgan fingerprint density at radius 2 is 1.84 bits per heavy atom. The lowest BCUT2D eigenvalue weighted by atomic mass is 10.0. The summed E-state index contributed by atoms with van der Waals surface area (Å²) >= 11 is 0. The zero-order chi connectivity index (χ0) is 28.3. The molecular formula is C25H35N3O8S2. The molecule has 3 rings (SSSR count). The molecule has 0 bridgehead atoms. The van der Waals surface area contributed by atoms with E-state index in [0.717, 1.165) is 6.26 Å². The molecule has 0 unspecified atom stereocenters. The van der Waals surface area contributed by atoms with Gasteiger partial charge in [0.15, 0.2) is 0 Å². The second-order valence-corrected chi connectivity index (χ2v) is 13.3. The van der Waals surface area contributed by atoms with E-state index in [1.54, 1.807) is 30.0 Å². The maximum atomic E-state index is 13.3. The average molecular weight is 570 g/mol. The molecule has 2 N–H and O–H groups in total. The number of amides is 1. The number of methoxy groups -OCH3 is 1. The molecule has 13 heteroatoms. The number of carbonyl (C=O) groups is 1. The van der Waals surface area contributed by atoms with Crippen molar-refractivity contribution in [1.29, 1.82) is 0 Å². The zero-order valence-corrected chi connectivity index (χ0v) is 23.8. The van der Waals surface area contributed by atoms with Crippen molar-refractivity contribution in [3.63, 3.8) is 0 Å². The molecule has 1 heterocycles. The molecule has 1 aliphatic heterocycles. The highest BCUT2D eigenvalue weighted by Crippen LogP contribution is 2.30. The number of aliphatic hydroxyl groups is 1. The molecular weight excluding hydrogens is 534 g/mol. The first-order valence-corrected chi connectivity index (χ1v) is 15.4. The minimum absolute atomic E-state index is 0.0200. The number of fused-ring (bicyclic) bond motifs is 1. The third-order valence-electron chi connectivity index (χ3n) is 6.42. The summed E-state index contributed by atoms with van der Waals surface area (Å²) in [7, 11) is -4.46. The maximum absolute atomic E-state index is 13.3. The summed E-state index contributed by atoms with van der Waals surface area (Å²) in [4.78, 5) is 14.9. The first-order chi connectivity index (χ1) is 17.7. The largest absolute Gasteiger partial charge is 0.497 e. The molecule has 0 radical (unpaired) electrons. The van der Waals surface area contributed by atoms with Gasteiger partial charge in [0.1, 0.15) is 17.6 Å². The van der Waals surface area contributed by atoms with Gasteiger partial charge in [-0.05, 0) is 49.4 Å². The number of anilines is 1. The van der Waals surface area contributed by atoms with E-state index in [1.165, 1.54) is 42.7 Å². The summed E-state index contributed by atoms with van der Waals surface area (Å²) in [5.41, 5.74) is 0.714. The normalized spacial score (nSPS) is 19.6. The molecule has 11 nitrogen and oxygen atoms in total. The van der Waals surface area contributed by atoms with E-state index in [9.17, 15) is 26.7 Å². The average Bonchev–Trinajstić information content (AvgIpc) is 2.90. The Labute approximate surface area is 224 Å². The quantitative estimate of drug-likeness (QED) is 0.463. The number of likely N-dealkylation sites (N-methyl/N-ethyl adjacent to an activating group) is 1. The number of ether oxygens (including phenoxy) is 2. The van der Waals surface area contributed by atoms with Gasteiger partial charge in [-0.25, -0.2) is 16.8 Å². The van der Waals surface area contributed by atoms with Gasteiger partial charge in [0.25, 0.3) is 0 Å². The van der Waals surface area contributed by atoms with Gasteiger partial charge in [0, 0.05) is 30.8 Å². The smallest absolute Gasteiger partial charge is 0.242 e. The van der Waals surface area contributed by atoms with Crippen molar-refractivity contribution in [2.45, 2.75) is 37.3 Å². The highest BCUT2D eigenvalue weighted by Gasteiger charge is 2.33. The van der Waals surface area contributed by atoms with Gasteiger partial charge < -0.3 is 19.5 Å².